The minimum Gasteiger partial charge on any atom is -0.335 e. The van der Waals surface area contributed by atoms with Crippen LogP contribution >= 0.6 is 0 Å². The predicted molar refractivity (Wildman–Crippen MR) is 113 cm³/mol. The van der Waals surface area contributed by atoms with Crippen LogP contribution in [0.3, 0.4) is 0 Å². The highest BCUT2D eigenvalue weighted by Crippen LogP contribution is 2.27. The molecule has 0 unspecified atom stereocenters. The Morgan fingerprint density at radius 1 is 0.484 bits per heavy atom. The molecule has 2 aliphatic rings. The molecule has 7 heteroatoms. The summed E-state index contributed by atoms with van der Waals surface area (Å²) in [7, 11) is 0. The van der Waals surface area contributed by atoms with Gasteiger partial charge in [-0.3, -0.25) is 29.0 Å². The van der Waals surface area contributed by atoms with Gasteiger partial charge in [-0.05, 0) is 36.4 Å². The third-order valence-corrected chi connectivity index (χ3v) is 5.50. The van der Waals surface area contributed by atoms with Gasteiger partial charge in [0, 0.05) is 5.69 Å². The molecule has 7 nitrogen and oxygen atoms in total. The summed E-state index contributed by atoms with van der Waals surface area (Å²) in [5.74, 6) is -1.60. The number of hydrogen-bond acceptors (Lipinski definition) is 5. The Morgan fingerprint density at radius 3 is 1.16 bits per heavy atom. The van der Waals surface area contributed by atoms with Gasteiger partial charge >= 0.3 is 0 Å². The number of rotatable bonds is 5. The molecule has 0 aliphatic carbocycles. The summed E-state index contributed by atoms with van der Waals surface area (Å²) >= 11 is 0. The number of fused-ring (bicyclic) bond motifs is 2. The number of carbonyl (C=O) groups excluding carboxylic acids is 4. The van der Waals surface area contributed by atoms with Gasteiger partial charge in [0.2, 0.25) is 0 Å². The highest BCUT2D eigenvalue weighted by atomic mass is 16.2. The third-order valence-electron chi connectivity index (χ3n) is 5.50. The van der Waals surface area contributed by atoms with Crippen molar-refractivity contribution >= 4 is 29.3 Å². The molecule has 0 aromatic heterocycles. The van der Waals surface area contributed by atoms with Crippen molar-refractivity contribution in [3.8, 4) is 0 Å². The van der Waals surface area contributed by atoms with Crippen molar-refractivity contribution < 1.29 is 19.2 Å². The Hall–Kier alpha value is -4.26. The number of imide groups is 2. The first kappa shape index (κ1) is 18.7. The van der Waals surface area contributed by atoms with Crippen LogP contribution in [0, 0.1) is 0 Å². The number of para-hydroxylation sites is 1. The summed E-state index contributed by atoms with van der Waals surface area (Å²) in [6, 6.07) is 22.4. The topological polar surface area (TPSA) is 78.0 Å². The first-order valence-corrected chi connectivity index (χ1v) is 9.76. The zero-order valence-electron chi connectivity index (χ0n) is 16.4. The Kier molecular flexibility index (Phi) is 4.36. The molecule has 4 amide bonds. The van der Waals surface area contributed by atoms with Gasteiger partial charge in [0.15, 0.2) is 0 Å². The van der Waals surface area contributed by atoms with E-state index in [1.807, 2.05) is 18.2 Å². The van der Waals surface area contributed by atoms with E-state index in [1.54, 1.807) is 65.6 Å². The smallest absolute Gasteiger partial charge is 0.263 e. The molecule has 3 aromatic rings. The second-order valence-electron chi connectivity index (χ2n) is 7.33. The summed E-state index contributed by atoms with van der Waals surface area (Å²) in [6.45, 7) is -0.187. The Morgan fingerprint density at radius 2 is 0.806 bits per heavy atom. The first-order valence-electron chi connectivity index (χ1n) is 9.76. The molecule has 3 aromatic carbocycles. The monoisotopic (exact) mass is 411 g/mol. The Labute approximate surface area is 178 Å². The molecule has 0 radical (unpaired) electrons. The van der Waals surface area contributed by atoms with Crippen LogP contribution < -0.4 is 4.90 Å². The second-order valence-corrected chi connectivity index (χ2v) is 7.33. The van der Waals surface area contributed by atoms with Crippen LogP contribution in [0.15, 0.2) is 78.9 Å². The third kappa shape index (κ3) is 2.98. The molecule has 2 heterocycles. The number of carbonyl (C=O) groups is 4. The van der Waals surface area contributed by atoms with E-state index in [4.69, 9.17) is 0 Å². The molecule has 0 saturated heterocycles. The first-order chi connectivity index (χ1) is 15.1. The van der Waals surface area contributed by atoms with Gasteiger partial charge in [0.05, 0.1) is 22.3 Å². The van der Waals surface area contributed by atoms with Crippen LogP contribution in [0.4, 0.5) is 5.69 Å². The van der Waals surface area contributed by atoms with Gasteiger partial charge < -0.3 is 4.90 Å². The molecular weight excluding hydrogens is 394 g/mol. The fourth-order valence-corrected chi connectivity index (χ4v) is 3.92. The van der Waals surface area contributed by atoms with Crippen LogP contribution in [-0.2, 0) is 0 Å². The normalized spacial score (nSPS) is 14.8. The van der Waals surface area contributed by atoms with E-state index in [0.29, 0.717) is 27.9 Å². The summed E-state index contributed by atoms with van der Waals surface area (Å²) in [6.07, 6.45) is 0. The lowest BCUT2D eigenvalue weighted by Gasteiger charge is -2.31. The fraction of sp³-hybridized carbons (Fsp3) is 0.0833. The molecule has 31 heavy (non-hydrogen) atoms. The zero-order chi connectivity index (χ0) is 21.5. The van der Waals surface area contributed by atoms with Gasteiger partial charge in [-0.2, -0.15) is 0 Å². The molecule has 0 fully saturated rings. The van der Waals surface area contributed by atoms with E-state index in [0.717, 1.165) is 9.80 Å². The largest absolute Gasteiger partial charge is 0.335 e. The highest BCUT2D eigenvalue weighted by Gasteiger charge is 2.39. The maximum Gasteiger partial charge on any atom is 0.263 e. The molecule has 5 rings (SSSR count). The SMILES string of the molecule is O=C1c2ccccc2C(=O)N1CN(CN1C(=O)c2ccccc2C1=O)c1ccccc1. The summed E-state index contributed by atoms with van der Waals surface area (Å²) in [4.78, 5) is 55.3. The molecule has 0 bridgehead atoms. The fourth-order valence-electron chi connectivity index (χ4n) is 3.92. The van der Waals surface area contributed by atoms with Crippen molar-refractivity contribution in [2.24, 2.45) is 0 Å². The zero-order valence-corrected chi connectivity index (χ0v) is 16.4. The number of benzene rings is 3. The van der Waals surface area contributed by atoms with E-state index < -0.39 is 23.6 Å². The lowest BCUT2D eigenvalue weighted by molar-refractivity contribution is 0.0628. The molecule has 2 aliphatic heterocycles. The van der Waals surface area contributed by atoms with Crippen LogP contribution in [0.2, 0.25) is 0 Å². The van der Waals surface area contributed by atoms with Crippen molar-refractivity contribution in [3.05, 3.63) is 101 Å². The van der Waals surface area contributed by atoms with E-state index in [-0.39, 0.29) is 13.3 Å². The maximum absolute atomic E-state index is 12.8. The van der Waals surface area contributed by atoms with Crippen LogP contribution in [-0.4, -0.2) is 46.8 Å². The average molecular weight is 411 g/mol. The highest BCUT2D eigenvalue weighted by molar-refractivity contribution is 6.22. The minimum absolute atomic E-state index is 0.0935. The summed E-state index contributed by atoms with van der Waals surface area (Å²) in [5, 5.41) is 0. The van der Waals surface area contributed by atoms with Crippen molar-refractivity contribution in [1.29, 1.82) is 0 Å². The number of amides is 4. The van der Waals surface area contributed by atoms with Crippen LogP contribution in [0.25, 0.3) is 0 Å². The standard InChI is InChI=1S/C24H17N3O4/c28-21-17-10-4-5-11-18(17)22(29)26(21)14-25(16-8-2-1-3-9-16)15-27-23(30)19-12-6-7-13-20(19)24(27)31/h1-13H,14-15H2. The maximum atomic E-state index is 12.8. The lowest BCUT2D eigenvalue weighted by atomic mass is 10.1. The van der Waals surface area contributed by atoms with Crippen molar-refractivity contribution in [1.82, 2.24) is 9.80 Å². The second kappa shape index (κ2) is 7.21. The number of nitrogens with zero attached hydrogens (tertiary/aromatic N) is 3. The lowest BCUT2D eigenvalue weighted by Crippen LogP contribution is -2.47. The number of hydrogen-bond donors (Lipinski definition) is 0. The van der Waals surface area contributed by atoms with Crippen LogP contribution in [0.5, 0.6) is 0 Å². The minimum atomic E-state index is -0.399. The molecule has 0 spiro atoms. The molecular formula is C24H17N3O4. The molecule has 0 atom stereocenters. The quantitative estimate of drug-likeness (QED) is 0.603. The van der Waals surface area contributed by atoms with E-state index in [2.05, 4.69) is 0 Å². The van der Waals surface area contributed by atoms with Crippen molar-refractivity contribution in [2.75, 3.05) is 18.2 Å². The summed E-state index contributed by atoms with van der Waals surface area (Å²) < 4.78 is 0. The van der Waals surface area contributed by atoms with Crippen molar-refractivity contribution in [3.63, 3.8) is 0 Å². The molecule has 0 N–H and O–H groups in total. The predicted octanol–water partition coefficient (Wildman–Crippen LogP) is 3.00. The molecule has 0 saturated carbocycles. The van der Waals surface area contributed by atoms with Gasteiger partial charge in [-0.25, -0.2) is 0 Å². The van der Waals surface area contributed by atoms with E-state index >= 15 is 0 Å². The number of anilines is 1. The summed E-state index contributed by atoms with van der Waals surface area (Å²) in [5.41, 5.74) is 2.07. The van der Waals surface area contributed by atoms with E-state index in [9.17, 15) is 19.2 Å². The van der Waals surface area contributed by atoms with Crippen molar-refractivity contribution in [2.45, 2.75) is 0 Å². The Bertz CT molecular complexity index is 1090. The molecule has 152 valence electrons. The van der Waals surface area contributed by atoms with E-state index in [1.165, 1.54) is 0 Å². The van der Waals surface area contributed by atoms with Gasteiger partial charge in [0.25, 0.3) is 23.6 Å². The van der Waals surface area contributed by atoms with Crippen LogP contribution in [0.1, 0.15) is 41.4 Å². The van der Waals surface area contributed by atoms with Gasteiger partial charge in [-0.15, -0.1) is 0 Å². The average Bonchev–Trinajstić information content (AvgIpc) is 3.20. The van der Waals surface area contributed by atoms with Gasteiger partial charge in [-0.1, -0.05) is 42.5 Å². The Balaban J connectivity index is 1.46. The van der Waals surface area contributed by atoms with Gasteiger partial charge in [0.1, 0.15) is 13.3 Å².